The summed E-state index contributed by atoms with van der Waals surface area (Å²) in [6, 6.07) is 4.97. The lowest BCUT2D eigenvalue weighted by molar-refractivity contribution is -0.154. The quantitative estimate of drug-likeness (QED) is 0.653. The average molecular weight is 385 g/mol. The van der Waals surface area contributed by atoms with Crippen molar-refractivity contribution in [3.05, 3.63) is 35.6 Å². The smallest absolute Gasteiger partial charge is 0.417 e. The van der Waals surface area contributed by atoms with Gasteiger partial charge in [-0.2, -0.15) is 13.2 Å². The molecule has 0 amide bonds. The van der Waals surface area contributed by atoms with Crippen molar-refractivity contribution in [3.8, 4) is 17.0 Å². The van der Waals surface area contributed by atoms with Crippen molar-refractivity contribution in [2.24, 2.45) is 0 Å². The second kappa shape index (κ2) is 8.02. The topological polar surface area (TPSA) is 61.6 Å². The largest absolute Gasteiger partial charge is 0.494 e. The maximum absolute atomic E-state index is 13.5. The maximum atomic E-state index is 13.5. The molecule has 0 N–H and O–H groups in total. The molecule has 2 aromatic rings. The highest BCUT2D eigenvalue weighted by Crippen LogP contribution is 2.39. The van der Waals surface area contributed by atoms with E-state index in [1.807, 2.05) is 6.92 Å². The zero-order chi connectivity index (χ0) is 20.2. The van der Waals surface area contributed by atoms with Crippen LogP contribution in [0.5, 0.6) is 5.75 Å². The fraction of sp³-hybridized carbons (Fsp3) is 0.474. The molecular formula is C19H22F3NO4. The van der Waals surface area contributed by atoms with Crippen LogP contribution in [-0.4, -0.2) is 23.3 Å². The molecule has 0 radical (unpaired) electrons. The van der Waals surface area contributed by atoms with Crippen molar-refractivity contribution < 1.29 is 32.0 Å². The molecule has 148 valence electrons. The van der Waals surface area contributed by atoms with Crippen molar-refractivity contribution in [2.45, 2.75) is 52.3 Å². The third-order valence-electron chi connectivity index (χ3n) is 3.34. The van der Waals surface area contributed by atoms with Crippen molar-refractivity contribution >= 4 is 5.97 Å². The van der Waals surface area contributed by atoms with E-state index in [2.05, 4.69) is 5.16 Å². The van der Waals surface area contributed by atoms with Crippen LogP contribution in [-0.2, 0) is 22.1 Å². The Labute approximate surface area is 155 Å². The summed E-state index contributed by atoms with van der Waals surface area (Å²) in [5.41, 5.74) is -1.71. The van der Waals surface area contributed by atoms with Gasteiger partial charge in [-0.05, 0) is 45.4 Å². The third kappa shape index (κ3) is 6.01. The van der Waals surface area contributed by atoms with E-state index in [0.29, 0.717) is 13.0 Å². The Morgan fingerprint density at radius 2 is 1.89 bits per heavy atom. The fourth-order valence-corrected chi connectivity index (χ4v) is 2.33. The van der Waals surface area contributed by atoms with Crippen LogP contribution >= 0.6 is 0 Å². The van der Waals surface area contributed by atoms with E-state index in [4.69, 9.17) is 14.0 Å². The van der Waals surface area contributed by atoms with Crippen LogP contribution in [0.4, 0.5) is 13.2 Å². The molecule has 1 heterocycles. The van der Waals surface area contributed by atoms with Crippen molar-refractivity contribution in [1.82, 2.24) is 5.16 Å². The Hall–Kier alpha value is -2.51. The van der Waals surface area contributed by atoms with Gasteiger partial charge in [-0.3, -0.25) is 4.79 Å². The Morgan fingerprint density at radius 3 is 2.48 bits per heavy atom. The molecule has 0 saturated carbocycles. The minimum absolute atomic E-state index is 0.0112. The van der Waals surface area contributed by atoms with Gasteiger partial charge < -0.3 is 14.0 Å². The van der Waals surface area contributed by atoms with Gasteiger partial charge in [0, 0.05) is 11.6 Å². The summed E-state index contributed by atoms with van der Waals surface area (Å²) in [5, 5.41) is 3.68. The first-order chi connectivity index (χ1) is 12.5. The van der Waals surface area contributed by atoms with Gasteiger partial charge in [0.15, 0.2) is 0 Å². The van der Waals surface area contributed by atoms with E-state index in [0.717, 1.165) is 6.07 Å². The molecule has 1 aromatic carbocycles. The first kappa shape index (κ1) is 20.8. The summed E-state index contributed by atoms with van der Waals surface area (Å²) in [6.07, 6.45) is -4.13. The Bertz CT molecular complexity index is 791. The van der Waals surface area contributed by atoms with Gasteiger partial charge in [0.1, 0.15) is 29.2 Å². The van der Waals surface area contributed by atoms with E-state index < -0.39 is 23.3 Å². The standard InChI is InChI=1S/C19H22F3NO4/c1-5-8-25-12-6-7-14(15(9-12)19(20,21)22)16-10-13(27-23-16)11-17(24)26-18(2,3)4/h6-7,9-10H,5,8,11H2,1-4H3. The van der Waals surface area contributed by atoms with Gasteiger partial charge in [0.25, 0.3) is 0 Å². The zero-order valence-electron chi connectivity index (χ0n) is 15.6. The Kier molecular flexibility index (Phi) is 6.18. The minimum atomic E-state index is -4.59. The van der Waals surface area contributed by atoms with E-state index >= 15 is 0 Å². The molecule has 1 aromatic heterocycles. The summed E-state index contributed by atoms with van der Waals surface area (Å²) in [5.74, 6) is -0.298. The van der Waals surface area contributed by atoms with Gasteiger partial charge in [0.05, 0.1) is 12.2 Å². The first-order valence-corrected chi connectivity index (χ1v) is 8.51. The second-order valence-electron chi connectivity index (χ2n) is 7.00. The molecule has 0 bridgehead atoms. The molecule has 0 spiro atoms. The predicted octanol–water partition coefficient (Wildman–Crippen LogP) is 5.03. The van der Waals surface area contributed by atoms with Crippen molar-refractivity contribution in [3.63, 3.8) is 0 Å². The Morgan fingerprint density at radius 1 is 1.19 bits per heavy atom. The highest BCUT2D eigenvalue weighted by molar-refractivity contribution is 5.73. The highest BCUT2D eigenvalue weighted by atomic mass is 19.4. The second-order valence-corrected chi connectivity index (χ2v) is 7.00. The maximum Gasteiger partial charge on any atom is 0.417 e. The number of carbonyl (C=O) groups is 1. The van der Waals surface area contributed by atoms with E-state index in [9.17, 15) is 18.0 Å². The zero-order valence-corrected chi connectivity index (χ0v) is 15.6. The van der Waals surface area contributed by atoms with Gasteiger partial charge in [-0.25, -0.2) is 0 Å². The molecular weight excluding hydrogens is 363 g/mol. The summed E-state index contributed by atoms with van der Waals surface area (Å²) >= 11 is 0. The number of hydrogen-bond acceptors (Lipinski definition) is 5. The van der Waals surface area contributed by atoms with Crippen LogP contribution in [0.15, 0.2) is 28.8 Å². The van der Waals surface area contributed by atoms with Crippen LogP contribution in [0.2, 0.25) is 0 Å². The van der Waals surface area contributed by atoms with Crippen LogP contribution in [0.3, 0.4) is 0 Å². The molecule has 0 aliphatic rings. The van der Waals surface area contributed by atoms with E-state index in [1.54, 1.807) is 20.8 Å². The number of rotatable bonds is 6. The molecule has 27 heavy (non-hydrogen) atoms. The monoisotopic (exact) mass is 385 g/mol. The number of nitrogens with zero attached hydrogens (tertiary/aromatic N) is 1. The van der Waals surface area contributed by atoms with Gasteiger partial charge in [-0.15, -0.1) is 0 Å². The molecule has 0 aliphatic heterocycles. The summed E-state index contributed by atoms with van der Waals surface area (Å²) in [4.78, 5) is 11.8. The van der Waals surface area contributed by atoms with Crippen LogP contribution in [0, 0.1) is 0 Å². The lowest BCUT2D eigenvalue weighted by Gasteiger charge is -2.18. The Balaban J connectivity index is 2.27. The van der Waals surface area contributed by atoms with E-state index in [1.165, 1.54) is 18.2 Å². The number of ether oxygens (including phenoxy) is 2. The lowest BCUT2D eigenvalue weighted by Crippen LogP contribution is -2.24. The molecule has 8 heteroatoms. The number of benzene rings is 1. The van der Waals surface area contributed by atoms with Crippen LogP contribution < -0.4 is 4.74 Å². The SMILES string of the molecule is CCCOc1ccc(-c2cc(CC(=O)OC(C)(C)C)on2)c(C(F)(F)F)c1. The van der Waals surface area contributed by atoms with Crippen LogP contribution in [0.25, 0.3) is 11.3 Å². The number of esters is 1. The summed E-state index contributed by atoms with van der Waals surface area (Å²) in [6.45, 7) is 7.33. The molecule has 2 rings (SSSR count). The predicted molar refractivity (Wildman–Crippen MR) is 92.3 cm³/mol. The van der Waals surface area contributed by atoms with Crippen LogP contribution in [0.1, 0.15) is 45.4 Å². The fourth-order valence-electron chi connectivity index (χ4n) is 2.33. The number of aromatic nitrogens is 1. The van der Waals surface area contributed by atoms with Gasteiger partial charge in [0.2, 0.25) is 0 Å². The van der Waals surface area contributed by atoms with Crippen molar-refractivity contribution in [2.75, 3.05) is 6.61 Å². The van der Waals surface area contributed by atoms with E-state index in [-0.39, 0.29) is 29.2 Å². The summed E-state index contributed by atoms with van der Waals surface area (Å²) < 4.78 is 55.8. The molecule has 5 nitrogen and oxygen atoms in total. The first-order valence-electron chi connectivity index (χ1n) is 8.51. The lowest BCUT2D eigenvalue weighted by atomic mass is 10.0. The van der Waals surface area contributed by atoms with Gasteiger partial charge >= 0.3 is 12.1 Å². The molecule has 0 atom stereocenters. The summed E-state index contributed by atoms with van der Waals surface area (Å²) in [7, 11) is 0. The number of halogens is 3. The molecule has 0 unspecified atom stereocenters. The molecule has 0 fully saturated rings. The number of alkyl halides is 3. The van der Waals surface area contributed by atoms with Gasteiger partial charge in [-0.1, -0.05) is 12.1 Å². The van der Waals surface area contributed by atoms with Crippen molar-refractivity contribution in [1.29, 1.82) is 0 Å². The number of carbonyl (C=O) groups excluding carboxylic acids is 1. The average Bonchev–Trinajstić information content (AvgIpc) is 2.98. The molecule has 0 aliphatic carbocycles. The normalized spacial score (nSPS) is 12.1. The molecule has 0 saturated heterocycles. The third-order valence-corrected chi connectivity index (χ3v) is 3.34. The number of hydrogen-bond donors (Lipinski definition) is 0. The minimum Gasteiger partial charge on any atom is -0.494 e. The highest BCUT2D eigenvalue weighted by Gasteiger charge is 2.35.